The fourth-order valence-corrected chi connectivity index (χ4v) is 1.91. The van der Waals surface area contributed by atoms with Crippen LogP contribution >= 0.6 is 12.6 Å². The Kier molecular flexibility index (Phi) is 2.80. The predicted octanol–water partition coefficient (Wildman–Crippen LogP) is 1.86. The van der Waals surface area contributed by atoms with E-state index < -0.39 is 0 Å². The first-order valence-electron chi connectivity index (χ1n) is 4.72. The molecule has 1 aliphatic heterocycles. The fourth-order valence-electron chi connectivity index (χ4n) is 1.59. The van der Waals surface area contributed by atoms with E-state index in [4.69, 9.17) is 14.2 Å². The number of hydrogen-bond donors (Lipinski definition) is 1. The van der Waals surface area contributed by atoms with Gasteiger partial charge >= 0.3 is 0 Å². The molecule has 0 unspecified atom stereocenters. The van der Waals surface area contributed by atoms with Gasteiger partial charge < -0.3 is 14.2 Å². The quantitative estimate of drug-likeness (QED) is 0.797. The number of methoxy groups -OCH3 is 2. The van der Waals surface area contributed by atoms with Crippen molar-refractivity contribution in [3.05, 3.63) is 23.8 Å². The van der Waals surface area contributed by atoms with Gasteiger partial charge in [-0.15, -0.1) is 0 Å². The van der Waals surface area contributed by atoms with E-state index in [9.17, 15) is 0 Å². The topological polar surface area (TPSA) is 27.7 Å². The van der Waals surface area contributed by atoms with Gasteiger partial charge in [0.2, 0.25) is 0 Å². The van der Waals surface area contributed by atoms with E-state index >= 15 is 0 Å². The minimum absolute atomic E-state index is 0.167. The zero-order valence-corrected chi connectivity index (χ0v) is 9.71. The molecule has 1 saturated heterocycles. The van der Waals surface area contributed by atoms with Crippen molar-refractivity contribution in [2.45, 2.75) is 4.75 Å². The molecule has 1 fully saturated rings. The normalized spacial score (nSPS) is 18.1. The second-order valence-corrected chi connectivity index (χ2v) is 4.45. The SMILES string of the molecule is COc1ccc(C2(S)COC2)cc1OC. The first kappa shape index (κ1) is 10.6. The molecule has 1 heterocycles. The summed E-state index contributed by atoms with van der Waals surface area (Å²) >= 11 is 4.59. The molecule has 3 nitrogen and oxygen atoms in total. The Balaban J connectivity index is 2.34. The van der Waals surface area contributed by atoms with Crippen molar-refractivity contribution >= 4 is 12.6 Å². The highest BCUT2D eigenvalue weighted by atomic mass is 32.1. The van der Waals surface area contributed by atoms with Crippen LogP contribution in [-0.2, 0) is 9.48 Å². The minimum Gasteiger partial charge on any atom is -0.493 e. The van der Waals surface area contributed by atoms with Gasteiger partial charge in [0.05, 0.1) is 32.2 Å². The molecule has 4 heteroatoms. The smallest absolute Gasteiger partial charge is 0.161 e. The van der Waals surface area contributed by atoms with Crippen molar-refractivity contribution in [1.29, 1.82) is 0 Å². The molecule has 0 N–H and O–H groups in total. The van der Waals surface area contributed by atoms with Crippen LogP contribution in [0.1, 0.15) is 5.56 Å². The van der Waals surface area contributed by atoms with Crippen LogP contribution in [0.3, 0.4) is 0 Å². The zero-order valence-electron chi connectivity index (χ0n) is 8.82. The molecular formula is C11H14O3S. The lowest BCUT2D eigenvalue weighted by molar-refractivity contribution is -0.00977. The van der Waals surface area contributed by atoms with E-state index in [-0.39, 0.29) is 4.75 Å². The maximum atomic E-state index is 5.24. The summed E-state index contributed by atoms with van der Waals surface area (Å²) in [6.45, 7) is 1.29. The summed E-state index contributed by atoms with van der Waals surface area (Å²) in [5.41, 5.74) is 1.11. The number of thiol groups is 1. The van der Waals surface area contributed by atoms with Crippen LogP contribution < -0.4 is 9.47 Å². The second-order valence-electron chi connectivity index (χ2n) is 3.59. The lowest BCUT2D eigenvalue weighted by Gasteiger charge is -2.37. The summed E-state index contributed by atoms with van der Waals surface area (Å²) in [5.74, 6) is 1.47. The van der Waals surface area contributed by atoms with Gasteiger partial charge in [-0.3, -0.25) is 0 Å². The summed E-state index contributed by atoms with van der Waals surface area (Å²) in [4.78, 5) is 0. The summed E-state index contributed by atoms with van der Waals surface area (Å²) in [7, 11) is 3.25. The van der Waals surface area contributed by atoms with Gasteiger partial charge in [-0.25, -0.2) is 0 Å². The molecule has 1 aliphatic rings. The van der Waals surface area contributed by atoms with Gasteiger partial charge in [0.25, 0.3) is 0 Å². The zero-order chi connectivity index (χ0) is 10.9. The summed E-state index contributed by atoms with van der Waals surface area (Å²) in [6, 6.07) is 5.84. The van der Waals surface area contributed by atoms with Crippen LogP contribution in [0.25, 0.3) is 0 Å². The van der Waals surface area contributed by atoms with E-state index in [2.05, 4.69) is 12.6 Å². The van der Waals surface area contributed by atoms with Crippen molar-refractivity contribution in [3.8, 4) is 11.5 Å². The van der Waals surface area contributed by atoms with Crippen LogP contribution in [0.2, 0.25) is 0 Å². The average molecular weight is 226 g/mol. The largest absolute Gasteiger partial charge is 0.493 e. The number of ether oxygens (including phenoxy) is 3. The molecule has 0 saturated carbocycles. The van der Waals surface area contributed by atoms with Gasteiger partial charge in [0, 0.05) is 0 Å². The first-order chi connectivity index (χ1) is 7.19. The number of hydrogen-bond acceptors (Lipinski definition) is 4. The Labute approximate surface area is 94.7 Å². The maximum absolute atomic E-state index is 5.24. The molecule has 1 aromatic rings. The van der Waals surface area contributed by atoms with Crippen LogP contribution in [0, 0.1) is 0 Å². The van der Waals surface area contributed by atoms with Gasteiger partial charge in [0.15, 0.2) is 11.5 Å². The van der Waals surface area contributed by atoms with Gasteiger partial charge in [-0.2, -0.15) is 12.6 Å². The number of rotatable bonds is 3. The van der Waals surface area contributed by atoms with Crippen molar-refractivity contribution in [2.75, 3.05) is 27.4 Å². The highest BCUT2D eigenvalue weighted by Crippen LogP contribution is 2.39. The summed E-state index contributed by atoms with van der Waals surface area (Å²) in [5, 5.41) is 0. The van der Waals surface area contributed by atoms with E-state index in [1.165, 1.54) is 0 Å². The second kappa shape index (κ2) is 3.94. The van der Waals surface area contributed by atoms with Crippen LogP contribution in [-0.4, -0.2) is 27.4 Å². The Hall–Kier alpha value is -0.870. The van der Waals surface area contributed by atoms with Gasteiger partial charge in [0.1, 0.15) is 0 Å². The molecule has 0 amide bonds. The lowest BCUT2D eigenvalue weighted by Crippen LogP contribution is -2.41. The highest BCUT2D eigenvalue weighted by Gasteiger charge is 2.37. The van der Waals surface area contributed by atoms with Crippen LogP contribution in [0.15, 0.2) is 18.2 Å². The molecule has 0 radical (unpaired) electrons. The standard InChI is InChI=1S/C11H14O3S/c1-12-9-4-3-8(5-10(9)13-2)11(15)6-14-7-11/h3-5,15H,6-7H2,1-2H3. The molecule has 0 aliphatic carbocycles. The summed E-state index contributed by atoms with van der Waals surface area (Å²) < 4.78 is 15.4. The Morgan fingerprint density at radius 1 is 1.20 bits per heavy atom. The molecule has 0 bridgehead atoms. The van der Waals surface area contributed by atoms with Crippen molar-refractivity contribution in [2.24, 2.45) is 0 Å². The molecular weight excluding hydrogens is 212 g/mol. The van der Waals surface area contributed by atoms with Crippen molar-refractivity contribution in [3.63, 3.8) is 0 Å². The predicted molar refractivity (Wildman–Crippen MR) is 61.0 cm³/mol. The summed E-state index contributed by atoms with van der Waals surface area (Å²) in [6.07, 6.45) is 0. The van der Waals surface area contributed by atoms with E-state index in [0.717, 1.165) is 17.1 Å². The Bertz CT molecular complexity index is 361. The van der Waals surface area contributed by atoms with Crippen molar-refractivity contribution < 1.29 is 14.2 Å². The van der Waals surface area contributed by atoms with Gasteiger partial charge in [-0.05, 0) is 17.7 Å². The van der Waals surface area contributed by atoms with E-state index in [1.54, 1.807) is 14.2 Å². The van der Waals surface area contributed by atoms with E-state index in [1.807, 2.05) is 18.2 Å². The molecule has 2 rings (SSSR count). The van der Waals surface area contributed by atoms with E-state index in [0.29, 0.717) is 13.2 Å². The Morgan fingerprint density at radius 2 is 1.87 bits per heavy atom. The third-order valence-corrected chi connectivity index (χ3v) is 3.12. The molecule has 0 atom stereocenters. The lowest BCUT2D eigenvalue weighted by atomic mass is 9.96. The maximum Gasteiger partial charge on any atom is 0.161 e. The third-order valence-electron chi connectivity index (χ3n) is 2.60. The number of benzene rings is 1. The molecule has 82 valence electrons. The monoisotopic (exact) mass is 226 g/mol. The van der Waals surface area contributed by atoms with Crippen LogP contribution in [0.4, 0.5) is 0 Å². The minimum atomic E-state index is -0.167. The molecule has 0 spiro atoms. The third kappa shape index (κ3) is 1.79. The first-order valence-corrected chi connectivity index (χ1v) is 5.17. The van der Waals surface area contributed by atoms with Gasteiger partial charge in [-0.1, -0.05) is 6.07 Å². The molecule has 15 heavy (non-hydrogen) atoms. The Morgan fingerprint density at radius 3 is 2.33 bits per heavy atom. The van der Waals surface area contributed by atoms with Crippen molar-refractivity contribution in [1.82, 2.24) is 0 Å². The molecule has 1 aromatic carbocycles. The highest BCUT2D eigenvalue weighted by molar-refractivity contribution is 7.81. The van der Waals surface area contributed by atoms with Crippen LogP contribution in [0.5, 0.6) is 11.5 Å². The average Bonchev–Trinajstić information content (AvgIpc) is 2.25. The fraction of sp³-hybridized carbons (Fsp3) is 0.455. The molecule has 0 aromatic heterocycles.